The van der Waals surface area contributed by atoms with Crippen LogP contribution in [0.25, 0.3) is 21.9 Å². The minimum Gasteiger partial charge on any atom is -0.455 e. The van der Waals surface area contributed by atoms with Crippen molar-refractivity contribution in [1.29, 1.82) is 0 Å². The van der Waals surface area contributed by atoms with Crippen LogP contribution in [0.5, 0.6) is 5.88 Å². The molecule has 2 aromatic carbocycles. The molecule has 4 rings (SSSR count). The first-order valence-electron chi connectivity index (χ1n) is 10.1. The van der Waals surface area contributed by atoms with Crippen LogP contribution >= 0.6 is 0 Å². The summed E-state index contributed by atoms with van der Waals surface area (Å²) >= 11 is 0. The van der Waals surface area contributed by atoms with Gasteiger partial charge in [-0.25, -0.2) is 18.4 Å². The van der Waals surface area contributed by atoms with Crippen LogP contribution in [0.1, 0.15) is 25.1 Å². The molecule has 1 unspecified atom stereocenters. The zero-order valence-electron chi connectivity index (χ0n) is 17.8. The molecule has 1 N–H and O–H groups in total. The van der Waals surface area contributed by atoms with E-state index in [0.29, 0.717) is 22.8 Å². The van der Waals surface area contributed by atoms with E-state index in [1.165, 1.54) is 17.7 Å². The minimum atomic E-state index is -4.81. The third-order valence-electron chi connectivity index (χ3n) is 5.05. The maximum Gasteiger partial charge on any atom is 0.431 e. The van der Waals surface area contributed by atoms with E-state index in [4.69, 9.17) is 4.74 Å². The van der Waals surface area contributed by atoms with E-state index >= 15 is 0 Å². The monoisotopic (exact) mass is 478 g/mol. The van der Waals surface area contributed by atoms with E-state index in [2.05, 4.69) is 14.7 Å². The lowest BCUT2D eigenvalue weighted by Crippen LogP contribution is -2.29. The van der Waals surface area contributed by atoms with Crippen molar-refractivity contribution in [3.63, 3.8) is 0 Å². The van der Waals surface area contributed by atoms with Crippen LogP contribution in [-0.2, 0) is 17.1 Å². The highest BCUT2D eigenvalue weighted by Gasteiger charge is 2.45. The Balaban J connectivity index is 1.84. The van der Waals surface area contributed by atoms with Gasteiger partial charge in [0, 0.05) is 12.6 Å². The molecule has 2 heterocycles. The molecule has 0 aliphatic heterocycles. The Kier molecular flexibility index (Phi) is 5.91. The lowest BCUT2D eigenvalue weighted by atomic mass is 10.2. The molecule has 0 spiro atoms. The molecule has 174 valence electrons. The molecule has 0 aliphatic carbocycles. The Morgan fingerprint density at radius 1 is 1.06 bits per heavy atom. The quantitative estimate of drug-likeness (QED) is 0.406. The smallest absolute Gasteiger partial charge is 0.431 e. The van der Waals surface area contributed by atoms with E-state index in [9.17, 15) is 21.6 Å². The number of hydrogen-bond acceptors (Lipinski definition) is 5. The lowest BCUT2D eigenvalue weighted by molar-refractivity contribution is -0.200. The van der Waals surface area contributed by atoms with Gasteiger partial charge in [-0.1, -0.05) is 37.3 Å². The van der Waals surface area contributed by atoms with Gasteiger partial charge in [0.1, 0.15) is 0 Å². The summed E-state index contributed by atoms with van der Waals surface area (Å²) in [4.78, 5) is 8.35. The zero-order chi connectivity index (χ0) is 23.8. The van der Waals surface area contributed by atoms with Crippen LogP contribution in [-0.4, -0.2) is 34.9 Å². The molecule has 0 amide bonds. The molecule has 0 aliphatic rings. The fraction of sp³-hybridized carbons (Fsp3) is 0.273. The Hall–Kier alpha value is -3.34. The fourth-order valence-electron chi connectivity index (χ4n) is 3.57. The molecular formula is C22H21F3N4O3S. The van der Waals surface area contributed by atoms with Crippen LogP contribution in [0, 0.1) is 0 Å². The van der Waals surface area contributed by atoms with Crippen molar-refractivity contribution in [2.75, 3.05) is 10.5 Å². The average molecular weight is 478 g/mol. The standard InChI is InChI=1S/C22H21F3N4O3S/c1-3-12-33(30,31)28-20-21(27-16-10-6-5-9-15(16)26-20)32-19(22(23,24)25)18-13-14-8-4-7-11-17(14)29(18)2/h4-11,13,19H,3,12H2,1-2H3,(H,26,28). The number of nitrogens with zero attached hydrogens (tertiary/aromatic N) is 3. The topological polar surface area (TPSA) is 86.1 Å². The molecule has 1 atom stereocenters. The Morgan fingerprint density at radius 3 is 2.33 bits per heavy atom. The molecule has 0 saturated heterocycles. The van der Waals surface area contributed by atoms with E-state index in [1.54, 1.807) is 55.5 Å². The normalized spacial score (nSPS) is 13.4. The number of rotatable bonds is 7. The molecule has 4 aromatic rings. The van der Waals surface area contributed by atoms with Crippen molar-refractivity contribution in [2.45, 2.75) is 25.6 Å². The number of fused-ring (bicyclic) bond motifs is 2. The van der Waals surface area contributed by atoms with Crippen LogP contribution in [0.3, 0.4) is 0 Å². The highest BCUT2D eigenvalue weighted by Crippen LogP contribution is 2.40. The first kappa shape index (κ1) is 22.8. The summed E-state index contributed by atoms with van der Waals surface area (Å²) in [5, 5.41) is 0.612. The summed E-state index contributed by atoms with van der Waals surface area (Å²) < 4.78 is 76.3. The van der Waals surface area contributed by atoms with E-state index < -0.39 is 34.0 Å². The van der Waals surface area contributed by atoms with Crippen LogP contribution in [0.15, 0.2) is 54.6 Å². The summed E-state index contributed by atoms with van der Waals surface area (Å²) in [5.74, 6) is -1.18. The Labute approximate surface area is 188 Å². The fourth-order valence-corrected chi connectivity index (χ4v) is 4.63. The number of aromatic nitrogens is 3. The second kappa shape index (κ2) is 8.54. The number of ether oxygens (including phenoxy) is 1. The van der Waals surface area contributed by atoms with Crippen molar-refractivity contribution < 1.29 is 26.3 Å². The Morgan fingerprint density at radius 2 is 1.70 bits per heavy atom. The Bertz CT molecular complexity index is 1420. The largest absolute Gasteiger partial charge is 0.455 e. The van der Waals surface area contributed by atoms with Gasteiger partial charge in [0.15, 0.2) is 0 Å². The van der Waals surface area contributed by atoms with Crippen molar-refractivity contribution in [2.24, 2.45) is 7.05 Å². The molecule has 0 radical (unpaired) electrons. The van der Waals surface area contributed by atoms with Crippen molar-refractivity contribution in [3.8, 4) is 5.88 Å². The van der Waals surface area contributed by atoms with Gasteiger partial charge >= 0.3 is 6.18 Å². The number of nitrogens with one attached hydrogen (secondary N) is 1. The van der Waals surface area contributed by atoms with Gasteiger partial charge in [0.2, 0.25) is 21.9 Å². The molecule has 2 aromatic heterocycles. The molecule has 33 heavy (non-hydrogen) atoms. The third-order valence-corrected chi connectivity index (χ3v) is 6.50. The van der Waals surface area contributed by atoms with Gasteiger partial charge in [-0.15, -0.1) is 0 Å². The molecule has 0 saturated carbocycles. The number of sulfonamides is 1. The zero-order valence-corrected chi connectivity index (χ0v) is 18.6. The van der Waals surface area contributed by atoms with Gasteiger partial charge in [0.05, 0.1) is 22.5 Å². The first-order chi connectivity index (χ1) is 15.6. The maximum atomic E-state index is 14.2. The van der Waals surface area contributed by atoms with Gasteiger partial charge in [-0.2, -0.15) is 13.2 Å². The summed E-state index contributed by atoms with van der Waals surface area (Å²) in [6, 6.07) is 14.7. The lowest BCUT2D eigenvalue weighted by Gasteiger charge is -2.23. The highest BCUT2D eigenvalue weighted by molar-refractivity contribution is 7.92. The summed E-state index contributed by atoms with van der Waals surface area (Å²) in [5.41, 5.74) is 1.02. The minimum absolute atomic E-state index is 0.152. The number of anilines is 1. The number of para-hydroxylation sites is 3. The average Bonchev–Trinajstić information content (AvgIpc) is 3.07. The van der Waals surface area contributed by atoms with Crippen LogP contribution < -0.4 is 9.46 Å². The SMILES string of the molecule is CCCS(=O)(=O)Nc1nc2ccccc2nc1OC(c1cc2ccccc2n1C)C(F)(F)F. The van der Waals surface area contributed by atoms with Crippen LogP contribution in [0.4, 0.5) is 19.0 Å². The predicted octanol–water partition coefficient (Wildman–Crippen LogP) is 4.96. The number of alkyl halides is 3. The molecule has 0 bridgehead atoms. The number of benzene rings is 2. The van der Waals surface area contributed by atoms with Gasteiger partial charge < -0.3 is 9.30 Å². The van der Waals surface area contributed by atoms with Crippen LogP contribution in [0.2, 0.25) is 0 Å². The van der Waals surface area contributed by atoms with Crippen molar-refractivity contribution in [1.82, 2.24) is 14.5 Å². The predicted molar refractivity (Wildman–Crippen MR) is 120 cm³/mol. The number of halogens is 3. The number of aryl methyl sites for hydroxylation is 1. The molecule has 11 heteroatoms. The second-order valence-corrected chi connectivity index (χ2v) is 9.36. The summed E-state index contributed by atoms with van der Waals surface area (Å²) in [6.07, 6.45) is -6.90. The van der Waals surface area contributed by atoms with E-state index in [0.717, 1.165) is 0 Å². The van der Waals surface area contributed by atoms with Crippen molar-refractivity contribution >= 4 is 37.8 Å². The summed E-state index contributed by atoms with van der Waals surface area (Å²) in [7, 11) is -2.35. The summed E-state index contributed by atoms with van der Waals surface area (Å²) in [6.45, 7) is 1.67. The highest BCUT2D eigenvalue weighted by atomic mass is 32.2. The van der Waals surface area contributed by atoms with Gasteiger partial charge in [0.25, 0.3) is 5.88 Å². The number of hydrogen-bond donors (Lipinski definition) is 1. The third kappa shape index (κ3) is 4.72. The van der Waals surface area contributed by atoms with E-state index in [1.807, 2.05) is 0 Å². The molecule has 7 nitrogen and oxygen atoms in total. The molecule has 0 fully saturated rings. The van der Waals surface area contributed by atoms with Gasteiger partial charge in [-0.05, 0) is 36.1 Å². The van der Waals surface area contributed by atoms with Crippen molar-refractivity contribution in [3.05, 3.63) is 60.3 Å². The molecular weight excluding hydrogens is 457 g/mol. The van der Waals surface area contributed by atoms with Gasteiger partial charge in [-0.3, -0.25) is 4.72 Å². The maximum absolute atomic E-state index is 14.2. The van der Waals surface area contributed by atoms with E-state index in [-0.39, 0.29) is 17.0 Å². The second-order valence-electron chi connectivity index (χ2n) is 7.51. The first-order valence-corrected chi connectivity index (χ1v) is 11.8.